The molecule has 0 aliphatic rings. The number of aromatic nitrogens is 4. The van der Waals surface area contributed by atoms with E-state index in [0.717, 1.165) is 11.3 Å². The Kier molecular flexibility index (Phi) is 5.90. The van der Waals surface area contributed by atoms with Gasteiger partial charge in [0.15, 0.2) is 0 Å². The molecule has 0 aliphatic carbocycles. The highest BCUT2D eigenvalue weighted by Gasteiger charge is 2.09. The second-order valence-electron chi connectivity index (χ2n) is 6.45. The van der Waals surface area contributed by atoms with Gasteiger partial charge >= 0.3 is 0 Å². The minimum Gasteiger partial charge on any atom is -0.321 e. The molecule has 0 atom stereocenters. The van der Waals surface area contributed by atoms with E-state index in [9.17, 15) is 9.59 Å². The second kappa shape index (κ2) is 9.09. The summed E-state index contributed by atoms with van der Waals surface area (Å²) >= 11 is 1.36. The van der Waals surface area contributed by atoms with Crippen molar-refractivity contribution in [3.05, 3.63) is 88.4 Å². The maximum absolute atomic E-state index is 12.4. The van der Waals surface area contributed by atoms with Crippen LogP contribution in [0.1, 0.15) is 32.5 Å². The Hall–Kier alpha value is -4.18. The number of rotatable bonds is 6. The first-order valence-electron chi connectivity index (χ1n) is 9.23. The molecule has 2 heterocycles. The molecule has 4 aromatic rings. The van der Waals surface area contributed by atoms with Crippen molar-refractivity contribution in [1.29, 1.82) is 0 Å². The van der Waals surface area contributed by atoms with Crippen LogP contribution in [0.2, 0.25) is 0 Å². The number of hydrazone groups is 1. The van der Waals surface area contributed by atoms with Crippen molar-refractivity contribution in [2.24, 2.45) is 5.10 Å². The molecule has 0 saturated heterocycles. The van der Waals surface area contributed by atoms with E-state index in [-0.39, 0.29) is 11.8 Å². The van der Waals surface area contributed by atoms with Crippen LogP contribution >= 0.6 is 11.3 Å². The van der Waals surface area contributed by atoms with Crippen LogP contribution in [0.5, 0.6) is 0 Å². The fraction of sp³-hybridized carbons (Fsp3) is 0.0476. The third kappa shape index (κ3) is 4.87. The van der Waals surface area contributed by atoms with Crippen molar-refractivity contribution in [2.75, 3.05) is 5.32 Å². The molecule has 2 aromatic carbocycles. The number of thiophene rings is 1. The molecule has 2 aromatic heterocycles. The zero-order valence-electron chi connectivity index (χ0n) is 16.4. The molecule has 4 rings (SSSR count). The van der Waals surface area contributed by atoms with Crippen LogP contribution in [0.3, 0.4) is 0 Å². The summed E-state index contributed by atoms with van der Waals surface area (Å²) in [6.45, 7) is 1.80. The SMILES string of the molecule is C/C(=N/NC(=O)c1ccc(NC(=O)c2cccs2)cc1)c1ccc(-n2cnnn2)cc1. The Balaban J connectivity index is 1.36. The first-order chi connectivity index (χ1) is 15.1. The molecule has 154 valence electrons. The van der Waals surface area contributed by atoms with E-state index in [2.05, 4.69) is 31.4 Å². The highest BCUT2D eigenvalue weighted by atomic mass is 32.1. The second-order valence-corrected chi connectivity index (χ2v) is 7.40. The topological polar surface area (TPSA) is 114 Å². The van der Waals surface area contributed by atoms with Crippen molar-refractivity contribution in [1.82, 2.24) is 25.6 Å². The number of hydrogen-bond acceptors (Lipinski definition) is 7. The molecule has 0 saturated carbocycles. The van der Waals surface area contributed by atoms with E-state index < -0.39 is 0 Å². The molecule has 2 amide bonds. The fourth-order valence-corrected chi connectivity index (χ4v) is 3.32. The Morgan fingerprint density at radius 3 is 2.35 bits per heavy atom. The number of nitrogens with one attached hydrogen (secondary N) is 2. The van der Waals surface area contributed by atoms with Crippen LogP contribution in [-0.2, 0) is 0 Å². The Morgan fingerprint density at radius 2 is 1.71 bits per heavy atom. The lowest BCUT2D eigenvalue weighted by Gasteiger charge is -2.06. The smallest absolute Gasteiger partial charge is 0.271 e. The molecule has 0 radical (unpaired) electrons. The molecule has 10 heteroatoms. The van der Waals surface area contributed by atoms with Gasteiger partial charge in [0, 0.05) is 11.3 Å². The molecule has 0 aliphatic heterocycles. The monoisotopic (exact) mass is 431 g/mol. The number of carbonyl (C=O) groups excluding carboxylic acids is 2. The Bertz CT molecular complexity index is 1200. The van der Waals surface area contributed by atoms with Crippen LogP contribution in [-0.4, -0.2) is 37.7 Å². The van der Waals surface area contributed by atoms with Crippen molar-refractivity contribution < 1.29 is 9.59 Å². The quantitative estimate of drug-likeness (QED) is 0.360. The van der Waals surface area contributed by atoms with Gasteiger partial charge in [0.25, 0.3) is 11.8 Å². The summed E-state index contributed by atoms with van der Waals surface area (Å²) < 4.78 is 1.55. The lowest BCUT2D eigenvalue weighted by atomic mass is 10.1. The normalized spacial score (nSPS) is 11.2. The van der Waals surface area contributed by atoms with Gasteiger partial charge in [0.1, 0.15) is 6.33 Å². The van der Waals surface area contributed by atoms with Gasteiger partial charge < -0.3 is 5.32 Å². The number of nitrogens with zero attached hydrogens (tertiary/aromatic N) is 5. The fourth-order valence-electron chi connectivity index (χ4n) is 2.70. The van der Waals surface area contributed by atoms with E-state index in [1.54, 1.807) is 41.9 Å². The lowest BCUT2D eigenvalue weighted by molar-refractivity contribution is 0.0954. The number of amides is 2. The van der Waals surface area contributed by atoms with Crippen LogP contribution in [0.25, 0.3) is 5.69 Å². The van der Waals surface area contributed by atoms with Crippen LogP contribution < -0.4 is 10.7 Å². The van der Waals surface area contributed by atoms with Crippen LogP contribution in [0.4, 0.5) is 5.69 Å². The average Bonchev–Trinajstić information content (AvgIpc) is 3.52. The van der Waals surface area contributed by atoms with Crippen molar-refractivity contribution in [2.45, 2.75) is 6.92 Å². The van der Waals surface area contributed by atoms with E-state index in [1.165, 1.54) is 17.7 Å². The largest absolute Gasteiger partial charge is 0.321 e. The third-order valence-electron chi connectivity index (χ3n) is 4.37. The third-order valence-corrected chi connectivity index (χ3v) is 5.24. The maximum atomic E-state index is 12.4. The van der Waals surface area contributed by atoms with Gasteiger partial charge in [-0.2, -0.15) is 5.10 Å². The summed E-state index contributed by atoms with van der Waals surface area (Å²) in [5, 5.41) is 19.9. The molecular formula is C21H17N7O2S. The van der Waals surface area contributed by atoms with Gasteiger partial charge in [-0.3, -0.25) is 9.59 Å². The Morgan fingerprint density at radius 1 is 0.968 bits per heavy atom. The first kappa shape index (κ1) is 20.1. The summed E-state index contributed by atoms with van der Waals surface area (Å²) in [6, 6.07) is 17.6. The zero-order chi connectivity index (χ0) is 21.6. The molecule has 2 N–H and O–H groups in total. The summed E-state index contributed by atoms with van der Waals surface area (Å²) in [6.07, 6.45) is 1.51. The van der Waals surface area contributed by atoms with Gasteiger partial charge in [-0.1, -0.05) is 18.2 Å². The van der Waals surface area contributed by atoms with Crippen LogP contribution in [0.15, 0.2) is 77.5 Å². The summed E-state index contributed by atoms with van der Waals surface area (Å²) in [5.74, 6) is -0.528. The first-order valence-corrected chi connectivity index (χ1v) is 10.1. The van der Waals surface area contributed by atoms with Crippen LogP contribution in [0, 0.1) is 0 Å². The minimum absolute atomic E-state index is 0.182. The average molecular weight is 431 g/mol. The van der Waals surface area contributed by atoms with Gasteiger partial charge in [-0.05, 0) is 70.8 Å². The minimum atomic E-state index is -0.346. The van der Waals surface area contributed by atoms with E-state index >= 15 is 0 Å². The van der Waals surface area contributed by atoms with Crippen molar-refractivity contribution in [3.63, 3.8) is 0 Å². The molecule has 0 fully saturated rings. The number of hydrogen-bond donors (Lipinski definition) is 2. The molecule has 0 unspecified atom stereocenters. The molecule has 0 bridgehead atoms. The van der Waals surface area contributed by atoms with Crippen molar-refractivity contribution >= 4 is 34.6 Å². The number of benzene rings is 2. The molecule has 31 heavy (non-hydrogen) atoms. The number of tetrazole rings is 1. The number of anilines is 1. The zero-order valence-corrected chi connectivity index (χ0v) is 17.2. The predicted molar refractivity (Wildman–Crippen MR) is 118 cm³/mol. The van der Waals surface area contributed by atoms with E-state index in [0.29, 0.717) is 21.8 Å². The van der Waals surface area contributed by atoms with Crippen molar-refractivity contribution in [3.8, 4) is 5.69 Å². The highest BCUT2D eigenvalue weighted by molar-refractivity contribution is 7.12. The summed E-state index contributed by atoms with van der Waals surface area (Å²) in [4.78, 5) is 25.1. The van der Waals surface area contributed by atoms with Gasteiger partial charge in [0.2, 0.25) is 0 Å². The molecule has 0 spiro atoms. The lowest BCUT2D eigenvalue weighted by Crippen LogP contribution is -2.19. The molecular weight excluding hydrogens is 414 g/mol. The standard InChI is InChI=1S/C21H17N7O2S/c1-14(15-6-10-18(11-7-15)28-13-22-26-27-28)24-25-20(29)16-4-8-17(9-5-16)23-21(30)19-3-2-12-31-19/h2-13H,1H3,(H,23,30)(H,25,29)/b24-14-. The van der Waals surface area contributed by atoms with E-state index in [1.807, 2.05) is 35.7 Å². The summed E-state index contributed by atoms with van der Waals surface area (Å²) in [5.41, 5.74) is 5.90. The number of carbonyl (C=O) groups is 2. The highest BCUT2D eigenvalue weighted by Crippen LogP contribution is 2.14. The predicted octanol–water partition coefficient (Wildman–Crippen LogP) is 3.13. The summed E-state index contributed by atoms with van der Waals surface area (Å²) in [7, 11) is 0. The maximum Gasteiger partial charge on any atom is 0.271 e. The molecule has 9 nitrogen and oxygen atoms in total. The van der Waals surface area contributed by atoms with E-state index in [4.69, 9.17) is 0 Å². The van der Waals surface area contributed by atoms with Gasteiger partial charge in [0.05, 0.1) is 16.3 Å². The Labute approximate surface area is 181 Å². The van der Waals surface area contributed by atoms with Gasteiger partial charge in [-0.15, -0.1) is 16.4 Å². The van der Waals surface area contributed by atoms with Gasteiger partial charge in [-0.25, -0.2) is 10.1 Å².